The molecule has 1 aliphatic carbocycles. The molecule has 1 saturated carbocycles. The minimum atomic E-state index is -0.446. The highest BCUT2D eigenvalue weighted by Gasteiger charge is 2.40. The van der Waals surface area contributed by atoms with E-state index >= 15 is 0 Å². The van der Waals surface area contributed by atoms with E-state index in [1.54, 1.807) is 0 Å². The van der Waals surface area contributed by atoms with Gasteiger partial charge in [0.2, 0.25) is 5.91 Å². The molecule has 2 aliphatic rings. The Hall–Kier alpha value is -0.360. The molecule has 0 aromatic rings. The first-order chi connectivity index (χ1) is 10.7. The van der Waals surface area contributed by atoms with E-state index in [4.69, 9.17) is 15.2 Å². The van der Waals surface area contributed by atoms with Crippen molar-refractivity contribution in [3.63, 3.8) is 0 Å². The Labute approximate surface area is 146 Å². The molecule has 1 saturated heterocycles. The maximum Gasteiger partial charge on any atom is 0.227 e. The van der Waals surface area contributed by atoms with Gasteiger partial charge in [0.25, 0.3) is 0 Å². The third-order valence-electron chi connectivity index (χ3n) is 5.27. The van der Waals surface area contributed by atoms with Crippen molar-refractivity contribution in [1.82, 2.24) is 5.32 Å². The summed E-state index contributed by atoms with van der Waals surface area (Å²) in [6, 6.07) is 0. The van der Waals surface area contributed by atoms with Gasteiger partial charge >= 0.3 is 0 Å². The monoisotopic (exact) mass is 348 g/mol. The highest BCUT2D eigenvalue weighted by Crippen LogP contribution is 2.33. The fourth-order valence-electron chi connectivity index (χ4n) is 3.60. The third kappa shape index (κ3) is 5.31. The summed E-state index contributed by atoms with van der Waals surface area (Å²) < 4.78 is 11.5. The zero-order valence-corrected chi connectivity index (χ0v) is 15.2. The van der Waals surface area contributed by atoms with Gasteiger partial charge in [-0.15, -0.1) is 12.4 Å². The van der Waals surface area contributed by atoms with Gasteiger partial charge in [-0.25, -0.2) is 0 Å². The van der Waals surface area contributed by atoms with Gasteiger partial charge in [0.1, 0.15) is 0 Å². The molecule has 23 heavy (non-hydrogen) atoms. The summed E-state index contributed by atoms with van der Waals surface area (Å²) in [5.41, 5.74) is 5.31. The number of carbonyl (C=O) groups excluding carboxylic acids is 1. The molecule has 1 heterocycles. The summed E-state index contributed by atoms with van der Waals surface area (Å²) >= 11 is 0. The van der Waals surface area contributed by atoms with Crippen LogP contribution in [-0.2, 0) is 14.3 Å². The predicted octanol–water partition coefficient (Wildman–Crippen LogP) is 2.41. The lowest BCUT2D eigenvalue weighted by Gasteiger charge is -2.40. The van der Waals surface area contributed by atoms with E-state index in [1.807, 2.05) is 0 Å². The summed E-state index contributed by atoms with van der Waals surface area (Å²) in [7, 11) is 0. The van der Waals surface area contributed by atoms with E-state index in [0.29, 0.717) is 26.3 Å². The van der Waals surface area contributed by atoms with E-state index in [0.717, 1.165) is 38.7 Å². The molecular weight excluding hydrogens is 316 g/mol. The quantitative estimate of drug-likeness (QED) is 0.741. The molecule has 0 atom stereocenters. The molecule has 0 aromatic carbocycles. The highest BCUT2D eigenvalue weighted by atomic mass is 35.5. The number of carbonyl (C=O) groups is 1. The normalized spacial score (nSPS) is 22.9. The van der Waals surface area contributed by atoms with Crippen LogP contribution in [0.1, 0.15) is 58.3 Å². The van der Waals surface area contributed by atoms with Crippen molar-refractivity contribution in [3.8, 4) is 0 Å². The predicted molar refractivity (Wildman–Crippen MR) is 93.9 cm³/mol. The molecule has 0 aromatic heterocycles. The molecule has 0 spiro atoms. The number of rotatable bonds is 7. The average Bonchev–Trinajstić information content (AvgIpc) is 2.59. The van der Waals surface area contributed by atoms with Crippen LogP contribution in [-0.4, -0.2) is 44.4 Å². The largest absolute Gasteiger partial charge is 0.381 e. The molecule has 1 amide bonds. The summed E-state index contributed by atoms with van der Waals surface area (Å²) in [5.74, 6) is 0.0864. The minimum absolute atomic E-state index is 0. The molecule has 136 valence electrons. The number of hydrogen-bond acceptors (Lipinski definition) is 4. The van der Waals surface area contributed by atoms with Gasteiger partial charge in [-0.05, 0) is 32.1 Å². The lowest BCUT2D eigenvalue weighted by atomic mass is 9.78. The SMILES string of the molecule is CCCOC1(CNC(=O)C2(CN)CCOCC2)CCCCC1.Cl. The van der Waals surface area contributed by atoms with E-state index in [1.165, 1.54) is 19.3 Å². The number of halogens is 1. The van der Waals surface area contributed by atoms with Crippen LogP contribution in [0.2, 0.25) is 0 Å². The van der Waals surface area contributed by atoms with Crippen molar-refractivity contribution < 1.29 is 14.3 Å². The van der Waals surface area contributed by atoms with Crippen molar-refractivity contribution in [3.05, 3.63) is 0 Å². The Balaban J connectivity index is 0.00000264. The highest BCUT2D eigenvalue weighted by molar-refractivity contribution is 5.85. The number of nitrogens with one attached hydrogen (secondary N) is 1. The van der Waals surface area contributed by atoms with Crippen LogP contribution in [0.15, 0.2) is 0 Å². The first kappa shape index (κ1) is 20.7. The zero-order valence-electron chi connectivity index (χ0n) is 14.4. The summed E-state index contributed by atoms with van der Waals surface area (Å²) in [5, 5.41) is 3.16. The zero-order chi connectivity index (χ0) is 15.9. The Kier molecular flexibility index (Phi) is 8.83. The smallest absolute Gasteiger partial charge is 0.227 e. The van der Waals surface area contributed by atoms with Gasteiger partial charge in [0.05, 0.1) is 11.0 Å². The Morgan fingerprint density at radius 2 is 1.83 bits per heavy atom. The van der Waals surface area contributed by atoms with Gasteiger partial charge in [0.15, 0.2) is 0 Å². The van der Waals surface area contributed by atoms with E-state index in [-0.39, 0.29) is 23.9 Å². The molecule has 5 nitrogen and oxygen atoms in total. The minimum Gasteiger partial charge on any atom is -0.381 e. The first-order valence-electron chi connectivity index (χ1n) is 8.86. The fraction of sp³-hybridized carbons (Fsp3) is 0.941. The van der Waals surface area contributed by atoms with Crippen molar-refractivity contribution in [2.24, 2.45) is 11.1 Å². The molecular formula is C17H33ClN2O3. The number of hydrogen-bond donors (Lipinski definition) is 2. The van der Waals surface area contributed by atoms with Gasteiger partial charge in [0, 0.05) is 32.9 Å². The fourth-order valence-corrected chi connectivity index (χ4v) is 3.60. The van der Waals surface area contributed by atoms with Crippen molar-refractivity contribution in [2.75, 3.05) is 32.9 Å². The van der Waals surface area contributed by atoms with Crippen LogP contribution < -0.4 is 11.1 Å². The molecule has 3 N–H and O–H groups in total. The average molecular weight is 349 g/mol. The van der Waals surface area contributed by atoms with Crippen LogP contribution in [0.5, 0.6) is 0 Å². The molecule has 2 rings (SSSR count). The number of amides is 1. The number of nitrogens with two attached hydrogens (primary N) is 1. The van der Waals surface area contributed by atoms with E-state index in [2.05, 4.69) is 12.2 Å². The topological polar surface area (TPSA) is 73.6 Å². The second-order valence-corrected chi connectivity index (χ2v) is 6.87. The second kappa shape index (κ2) is 9.82. The van der Waals surface area contributed by atoms with Gasteiger partial charge in [-0.1, -0.05) is 26.2 Å². The second-order valence-electron chi connectivity index (χ2n) is 6.87. The lowest BCUT2D eigenvalue weighted by molar-refractivity contribution is -0.138. The standard InChI is InChI=1S/C17H32N2O3.ClH/c1-2-10-22-17(6-4-3-5-7-17)14-19-15(20)16(13-18)8-11-21-12-9-16;/h2-14,18H2,1H3,(H,19,20);1H. The van der Waals surface area contributed by atoms with Crippen LogP contribution in [0.4, 0.5) is 0 Å². The van der Waals surface area contributed by atoms with E-state index in [9.17, 15) is 4.79 Å². The summed E-state index contributed by atoms with van der Waals surface area (Å²) in [4.78, 5) is 12.7. The Morgan fingerprint density at radius 1 is 1.17 bits per heavy atom. The Bertz CT molecular complexity index is 354. The van der Waals surface area contributed by atoms with Crippen LogP contribution in [0, 0.1) is 5.41 Å². The van der Waals surface area contributed by atoms with Crippen LogP contribution in [0.3, 0.4) is 0 Å². The summed E-state index contributed by atoms with van der Waals surface area (Å²) in [6.07, 6.45) is 8.20. The van der Waals surface area contributed by atoms with Crippen molar-refractivity contribution >= 4 is 18.3 Å². The molecule has 1 aliphatic heterocycles. The van der Waals surface area contributed by atoms with Gasteiger partial charge in [-0.3, -0.25) is 4.79 Å². The molecule has 0 unspecified atom stereocenters. The van der Waals surface area contributed by atoms with Crippen LogP contribution in [0.25, 0.3) is 0 Å². The maximum absolute atomic E-state index is 12.7. The molecule has 2 fully saturated rings. The lowest BCUT2D eigenvalue weighted by Crippen LogP contribution is -2.54. The first-order valence-corrected chi connectivity index (χ1v) is 8.86. The third-order valence-corrected chi connectivity index (χ3v) is 5.27. The molecule has 0 radical (unpaired) electrons. The van der Waals surface area contributed by atoms with E-state index < -0.39 is 5.41 Å². The van der Waals surface area contributed by atoms with Gasteiger partial charge < -0.3 is 20.5 Å². The van der Waals surface area contributed by atoms with Crippen molar-refractivity contribution in [2.45, 2.75) is 63.9 Å². The number of ether oxygens (including phenoxy) is 2. The van der Waals surface area contributed by atoms with Crippen molar-refractivity contribution in [1.29, 1.82) is 0 Å². The Morgan fingerprint density at radius 3 is 2.39 bits per heavy atom. The van der Waals surface area contributed by atoms with Gasteiger partial charge in [-0.2, -0.15) is 0 Å². The molecule has 0 bridgehead atoms. The van der Waals surface area contributed by atoms with Crippen LogP contribution >= 0.6 is 12.4 Å². The molecule has 6 heteroatoms. The maximum atomic E-state index is 12.7. The summed E-state index contributed by atoms with van der Waals surface area (Å²) in [6.45, 7) is 5.16.